The van der Waals surface area contributed by atoms with Crippen LogP contribution >= 0.6 is 0 Å². The van der Waals surface area contributed by atoms with Crippen LogP contribution in [-0.4, -0.2) is 29.7 Å². The van der Waals surface area contributed by atoms with Crippen LogP contribution in [0.2, 0.25) is 0 Å². The lowest BCUT2D eigenvalue weighted by molar-refractivity contribution is -0.116. The van der Waals surface area contributed by atoms with Crippen molar-refractivity contribution in [1.82, 2.24) is 9.55 Å². The van der Waals surface area contributed by atoms with E-state index < -0.39 is 5.82 Å². The molecule has 0 atom stereocenters. The summed E-state index contributed by atoms with van der Waals surface area (Å²) in [6, 6.07) is 7.48. The first-order valence-electron chi connectivity index (χ1n) is 9.10. The maximum absolute atomic E-state index is 13.3. The van der Waals surface area contributed by atoms with Crippen LogP contribution in [0.15, 0.2) is 41.5 Å². The number of fused-ring (bicyclic) bond motifs is 1. The van der Waals surface area contributed by atoms with E-state index in [2.05, 4.69) is 10.3 Å². The van der Waals surface area contributed by atoms with Crippen LogP contribution in [0.5, 0.6) is 11.5 Å². The van der Waals surface area contributed by atoms with Gasteiger partial charge in [-0.2, -0.15) is 0 Å². The number of aromatic nitrogens is 2. The van der Waals surface area contributed by atoms with Crippen LogP contribution in [0, 0.1) is 12.7 Å². The number of amides is 1. The van der Waals surface area contributed by atoms with Gasteiger partial charge in [-0.05, 0) is 37.1 Å². The minimum atomic E-state index is -0.410. The highest BCUT2D eigenvalue weighted by atomic mass is 19.1. The number of methoxy groups -OCH3 is 2. The van der Waals surface area contributed by atoms with Gasteiger partial charge in [0.15, 0.2) is 11.5 Å². The molecule has 0 spiro atoms. The molecule has 1 heterocycles. The molecule has 0 unspecified atom stereocenters. The fourth-order valence-electron chi connectivity index (χ4n) is 3.00. The fourth-order valence-corrected chi connectivity index (χ4v) is 3.00. The number of ether oxygens (including phenoxy) is 2. The number of hydrogen-bond acceptors (Lipinski definition) is 5. The number of benzene rings is 2. The Hall–Kier alpha value is -3.42. The quantitative estimate of drug-likeness (QED) is 0.659. The minimum Gasteiger partial charge on any atom is -0.493 e. The van der Waals surface area contributed by atoms with Gasteiger partial charge in [-0.1, -0.05) is 6.07 Å². The topological polar surface area (TPSA) is 82.5 Å². The summed E-state index contributed by atoms with van der Waals surface area (Å²) in [6.07, 6.45) is 2.07. The number of aryl methyl sites for hydroxylation is 2. The highest BCUT2D eigenvalue weighted by Crippen LogP contribution is 2.29. The van der Waals surface area contributed by atoms with Crippen LogP contribution in [0.25, 0.3) is 10.9 Å². The molecule has 0 radical (unpaired) electrons. The molecule has 29 heavy (non-hydrogen) atoms. The molecule has 152 valence electrons. The van der Waals surface area contributed by atoms with Crippen molar-refractivity contribution in [1.29, 1.82) is 0 Å². The number of carbonyl (C=O) groups excluding carboxylic acids is 1. The number of nitrogens with zero attached hydrogens (tertiary/aromatic N) is 2. The number of carbonyl (C=O) groups is 1. The SMILES string of the molecule is COc1cc2ncn(CCCC(=O)Nc3cc(F)ccc3C)c(=O)c2cc1OC. The largest absolute Gasteiger partial charge is 0.493 e. The zero-order valence-corrected chi connectivity index (χ0v) is 16.5. The summed E-state index contributed by atoms with van der Waals surface area (Å²) in [5, 5.41) is 3.10. The molecule has 1 N–H and O–H groups in total. The lowest BCUT2D eigenvalue weighted by Gasteiger charge is -2.11. The average molecular weight is 399 g/mol. The Morgan fingerprint density at radius 2 is 1.90 bits per heavy atom. The molecule has 0 bridgehead atoms. The van der Waals surface area contributed by atoms with E-state index in [4.69, 9.17) is 9.47 Å². The van der Waals surface area contributed by atoms with Crippen molar-refractivity contribution in [3.8, 4) is 11.5 Å². The average Bonchev–Trinajstić information content (AvgIpc) is 2.71. The number of anilines is 1. The van der Waals surface area contributed by atoms with Gasteiger partial charge in [0, 0.05) is 24.7 Å². The highest BCUT2D eigenvalue weighted by molar-refractivity contribution is 5.91. The smallest absolute Gasteiger partial charge is 0.261 e. The van der Waals surface area contributed by atoms with E-state index in [1.807, 2.05) is 0 Å². The van der Waals surface area contributed by atoms with Crippen LogP contribution in [0.3, 0.4) is 0 Å². The van der Waals surface area contributed by atoms with Crippen molar-refractivity contribution in [3.63, 3.8) is 0 Å². The molecule has 8 heteroatoms. The predicted molar refractivity (Wildman–Crippen MR) is 108 cm³/mol. The molecular weight excluding hydrogens is 377 g/mol. The summed E-state index contributed by atoms with van der Waals surface area (Å²) in [7, 11) is 3.01. The zero-order chi connectivity index (χ0) is 21.0. The molecule has 7 nitrogen and oxygen atoms in total. The predicted octanol–water partition coefficient (Wildman–Crippen LogP) is 3.28. The van der Waals surface area contributed by atoms with Gasteiger partial charge >= 0.3 is 0 Å². The summed E-state index contributed by atoms with van der Waals surface area (Å²) < 4.78 is 25.3. The Morgan fingerprint density at radius 1 is 1.17 bits per heavy atom. The molecule has 1 amide bonds. The van der Waals surface area contributed by atoms with Gasteiger partial charge in [0.05, 0.1) is 31.4 Å². The van der Waals surface area contributed by atoms with Crippen LogP contribution < -0.4 is 20.3 Å². The fraction of sp³-hybridized carbons (Fsp3) is 0.286. The number of nitrogens with one attached hydrogen (secondary N) is 1. The zero-order valence-electron chi connectivity index (χ0n) is 16.5. The van der Waals surface area contributed by atoms with E-state index in [-0.39, 0.29) is 17.9 Å². The standard InChI is InChI=1S/C21H22FN3O4/c1-13-6-7-14(22)9-16(13)24-20(26)5-4-8-25-12-23-17-11-19(29-3)18(28-2)10-15(17)21(25)27/h6-7,9-12H,4-5,8H2,1-3H3,(H,24,26). The minimum absolute atomic E-state index is 0.187. The van der Waals surface area contributed by atoms with Crippen LogP contribution in [0.4, 0.5) is 10.1 Å². The van der Waals surface area contributed by atoms with Crippen LogP contribution in [-0.2, 0) is 11.3 Å². The van der Waals surface area contributed by atoms with Crippen molar-refractivity contribution < 1.29 is 18.7 Å². The third-order valence-electron chi connectivity index (χ3n) is 4.61. The summed E-state index contributed by atoms with van der Waals surface area (Å²) in [5.41, 5.74) is 1.50. The van der Waals surface area contributed by atoms with Crippen molar-refractivity contribution in [2.75, 3.05) is 19.5 Å². The van der Waals surface area contributed by atoms with E-state index in [0.717, 1.165) is 5.56 Å². The maximum atomic E-state index is 13.3. The van der Waals surface area contributed by atoms with Crippen molar-refractivity contribution in [2.24, 2.45) is 0 Å². The van der Waals surface area contributed by atoms with Crippen LogP contribution in [0.1, 0.15) is 18.4 Å². The molecule has 0 saturated heterocycles. The summed E-state index contributed by atoms with van der Waals surface area (Å²) >= 11 is 0. The molecule has 1 aromatic heterocycles. The molecule has 0 aliphatic rings. The lowest BCUT2D eigenvalue weighted by atomic mass is 10.2. The Balaban J connectivity index is 1.69. The summed E-state index contributed by atoms with van der Waals surface area (Å²) in [5.74, 6) is 0.286. The van der Waals surface area contributed by atoms with Gasteiger partial charge < -0.3 is 14.8 Å². The van der Waals surface area contributed by atoms with E-state index >= 15 is 0 Å². The molecule has 3 rings (SSSR count). The summed E-state index contributed by atoms with van der Waals surface area (Å²) in [4.78, 5) is 29.2. The second-order valence-corrected chi connectivity index (χ2v) is 6.58. The van der Waals surface area contributed by atoms with Gasteiger partial charge in [-0.25, -0.2) is 9.37 Å². The second-order valence-electron chi connectivity index (χ2n) is 6.58. The van der Waals surface area contributed by atoms with Crippen molar-refractivity contribution in [2.45, 2.75) is 26.3 Å². The first kappa shape index (κ1) is 20.3. The van der Waals surface area contributed by atoms with E-state index in [9.17, 15) is 14.0 Å². The van der Waals surface area contributed by atoms with Gasteiger partial charge in [-0.3, -0.25) is 14.2 Å². The monoisotopic (exact) mass is 399 g/mol. The Labute approximate surface area is 167 Å². The normalized spacial score (nSPS) is 10.8. The van der Waals surface area contributed by atoms with Gasteiger partial charge in [0.1, 0.15) is 5.82 Å². The van der Waals surface area contributed by atoms with Crippen molar-refractivity contribution >= 4 is 22.5 Å². The summed E-state index contributed by atoms with van der Waals surface area (Å²) in [6.45, 7) is 2.12. The number of hydrogen-bond donors (Lipinski definition) is 1. The van der Waals surface area contributed by atoms with E-state index in [1.54, 1.807) is 25.1 Å². The second kappa shape index (κ2) is 8.72. The van der Waals surface area contributed by atoms with Crippen molar-refractivity contribution in [3.05, 3.63) is 58.4 Å². The molecule has 2 aromatic carbocycles. The third kappa shape index (κ3) is 4.53. The molecule has 0 fully saturated rings. The van der Waals surface area contributed by atoms with Gasteiger partial charge in [0.2, 0.25) is 5.91 Å². The lowest BCUT2D eigenvalue weighted by Crippen LogP contribution is -2.22. The number of rotatable bonds is 7. The number of halogens is 1. The Bertz CT molecular complexity index is 1110. The Kier molecular flexibility index (Phi) is 6.11. The Morgan fingerprint density at radius 3 is 2.62 bits per heavy atom. The van der Waals surface area contributed by atoms with E-state index in [0.29, 0.717) is 41.1 Å². The maximum Gasteiger partial charge on any atom is 0.261 e. The molecule has 0 saturated carbocycles. The first-order chi connectivity index (χ1) is 13.9. The molecule has 0 aliphatic carbocycles. The highest BCUT2D eigenvalue weighted by Gasteiger charge is 2.12. The molecular formula is C21H22FN3O4. The molecule has 3 aromatic rings. The third-order valence-corrected chi connectivity index (χ3v) is 4.61. The van der Waals surface area contributed by atoms with E-state index in [1.165, 1.54) is 37.2 Å². The van der Waals surface area contributed by atoms with Gasteiger partial charge in [-0.15, -0.1) is 0 Å². The molecule has 0 aliphatic heterocycles. The first-order valence-corrected chi connectivity index (χ1v) is 9.10. The van der Waals surface area contributed by atoms with Gasteiger partial charge in [0.25, 0.3) is 5.56 Å².